The van der Waals surface area contributed by atoms with Gasteiger partial charge in [0.15, 0.2) is 0 Å². The molecular formula is C4H5Br2NO. The third kappa shape index (κ3) is 1.05. The van der Waals surface area contributed by atoms with Crippen LogP contribution in [0.15, 0.2) is 0 Å². The van der Waals surface area contributed by atoms with Gasteiger partial charge in [0.25, 0.3) is 0 Å². The third-order valence-corrected chi connectivity index (χ3v) is 2.64. The van der Waals surface area contributed by atoms with Crippen LogP contribution in [0.1, 0.15) is 6.42 Å². The second-order valence-electron chi connectivity index (χ2n) is 1.68. The monoisotopic (exact) mass is 241 g/mol. The van der Waals surface area contributed by atoms with E-state index in [9.17, 15) is 4.79 Å². The van der Waals surface area contributed by atoms with Gasteiger partial charge in [-0.25, -0.2) is 0 Å². The zero-order valence-electron chi connectivity index (χ0n) is 4.10. The summed E-state index contributed by atoms with van der Waals surface area (Å²) in [6.45, 7) is 0.814. The van der Waals surface area contributed by atoms with E-state index >= 15 is 0 Å². The predicted molar refractivity (Wildman–Crippen MR) is 38.0 cm³/mol. The molecule has 1 amide bonds. The lowest BCUT2D eigenvalue weighted by Crippen LogP contribution is -2.16. The van der Waals surface area contributed by atoms with E-state index in [1.54, 1.807) is 3.93 Å². The van der Waals surface area contributed by atoms with Crippen LogP contribution in [0.2, 0.25) is 0 Å². The van der Waals surface area contributed by atoms with Crippen molar-refractivity contribution in [3.8, 4) is 0 Å². The van der Waals surface area contributed by atoms with Crippen LogP contribution in [-0.4, -0.2) is 21.2 Å². The van der Waals surface area contributed by atoms with Gasteiger partial charge in [0.1, 0.15) is 0 Å². The molecule has 2 nitrogen and oxygen atoms in total. The number of halogens is 2. The summed E-state index contributed by atoms with van der Waals surface area (Å²) in [5.74, 6) is 0.130. The average molecular weight is 243 g/mol. The predicted octanol–water partition coefficient (Wildman–Crippen LogP) is 1.29. The summed E-state index contributed by atoms with van der Waals surface area (Å²) < 4.78 is 1.55. The van der Waals surface area contributed by atoms with Gasteiger partial charge in [-0.15, -0.1) is 0 Å². The fraction of sp³-hybridized carbons (Fsp3) is 0.750. The number of alkyl halides is 1. The minimum absolute atomic E-state index is 0.0434. The lowest BCUT2D eigenvalue weighted by molar-refractivity contribution is -0.122. The SMILES string of the molecule is O=C1C(Br)CCN1Br. The van der Waals surface area contributed by atoms with E-state index in [-0.39, 0.29) is 10.7 Å². The lowest BCUT2D eigenvalue weighted by atomic mass is 10.4. The van der Waals surface area contributed by atoms with Gasteiger partial charge in [-0.3, -0.25) is 8.72 Å². The Labute approximate surface area is 64.7 Å². The highest BCUT2D eigenvalue weighted by Crippen LogP contribution is 2.20. The van der Waals surface area contributed by atoms with E-state index in [0.29, 0.717) is 0 Å². The maximum absolute atomic E-state index is 10.7. The van der Waals surface area contributed by atoms with Gasteiger partial charge in [0.2, 0.25) is 5.91 Å². The van der Waals surface area contributed by atoms with Crippen LogP contribution in [-0.2, 0) is 4.79 Å². The van der Waals surface area contributed by atoms with Crippen molar-refractivity contribution in [1.82, 2.24) is 3.93 Å². The Morgan fingerprint density at radius 1 is 1.75 bits per heavy atom. The number of rotatable bonds is 0. The molecule has 0 saturated carbocycles. The summed E-state index contributed by atoms with van der Waals surface area (Å²) in [7, 11) is 0. The van der Waals surface area contributed by atoms with Crippen LogP contribution in [0.4, 0.5) is 0 Å². The van der Waals surface area contributed by atoms with Gasteiger partial charge in [-0.1, -0.05) is 15.9 Å². The van der Waals surface area contributed by atoms with E-state index in [2.05, 4.69) is 32.1 Å². The summed E-state index contributed by atoms with van der Waals surface area (Å²) in [5.41, 5.74) is 0. The summed E-state index contributed by atoms with van der Waals surface area (Å²) >= 11 is 6.32. The van der Waals surface area contributed by atoms with Crippen LogP contribution in [0, 0.1) is 0 Å². The molecule has 1 rings (SSSR count). The zero-order chi connectivity index (χ0) is 6.15. The number of hydrogen-bond donors (Lipinski definition) is 0. The molecule has 0 spiro atoms. The molecule has 1 atom stereocenters. The number of carbonyl (C=O) groups excluding carboxylic acids is 1. The zero-order valence-corrected chi connectivity index (χ0v) is 7.27. The Bertz CT molecular complexity index is 105. The van der Waals surface area contributed by atoms with Crippen LogP contribution < -0.4 is 0 Å². The van der Waals surface area contributed by atoms with Crippen molar-refractivity contribution < 1.29 is 4.79 Å². The second-order valence-corrected chi connectivity index (χ2v) is 3.64. The van der Waals surface area contributed by atoms with E-state index in [1.807, 2.05) is 0 Å². The van der Waals surface area contributed by atoms with Gasteiger partial charge in [-0.05, 0) is 6.42 Å². The van der Waals surface area contributed by atoms with E-state index in [4.69, 9.17) is 0 Å². The Morgan fingerprint density at radius 3 is 2.50 bits per heavy atom. The number of hydrogen-bond acceptors (Lipinski definition) is 1. The molecule has 46 valence electrons. The van der Waals surface area contributed by atoms with E-state index < -0.39 is 0 Å². The van der Waals surface area contributed by atoms with E-state index in [0.717, 1.165) is 13.0 Å². The summed E-state index contributed by atoms with van der Waals surface area (Å²) in [6.07, 6.45) is 0.907. The highest BCUT2D eigenvalue weighted by Gasteiger charge is 2.27. The Balaban J connectivity index is 2.57. The smallest absolute Gasteiger partial charge is 0.246 e. The van der Waals surface area contributed by atoms with Gasteiger partial charge in [-0.2, -0.15) is 0 Å². The first-order chi connectivity index (χ1) is 3.72. The molecule has 0 N–H and O–H groups in total. The molecule has 0 radical (unpaired) electrons. The molecule has 0 aliphatic carbocycles. The van der Waals surface area contributed by atoms with Gasteiger partial charge < -0.3 is 0 Å². The average Bonchev–Trinajstić information content (AvgIpc) is 1.98. The lowest BCUT2D eigenvalue weighted by Gasteiger charge is -2.00. The van der Waals surface area contributed by atoms with E-state index in [1.165, 1.54) is 0 Å². The first-order valence-electron chi connectivity index (χ1n) is 2.33. The molecule has 8 heavy (non-hydrogen) atoms. The van der Waals surface area contributed by atoms with Crippen LogP contribution in [0.25, 0.3) is 0 Å². The first kappa shape index (κ1) is 6.55. The van der Waals surface area contributed by atoms with Crippen molar-refractivity contribution in [2.24, 2.45) is 0 Å². The van der Waals surface area contributed by atoms with Crippen LogP contribution in [0.3, 0.4) is 0 Å². The quantitative estimate of drug-likeness (QED) is 0.463. The third-order valence-electron chi connectivity index (χ3n) is 1.09. The molecular weight excluding hydrogens is 238 g/mol. The molecule has 1 heterocycles. The Kier molecular flexibility index (Phi) is 1.92. The van der Waals surface area contributed by atoms with Crippen LogP contribution in [0.5, 0.6) is 0 Å². The summed E-state index contributed by atoms with van der Waals surface area (Å²) in [6, 6.07) is 0. The molecule has 4 heteroatoms. The highest BCUT2D eigenvalue weighted by molar-refractivity contribution is 9.10. The second kappa shape index (κ2) is 2.35. The molecule has 1 aliphatic heterocycles. The van der Waals surface area contributed by atoms with Crippen molar-refractivity contribution in [2.45, 2.75) is 11.2 Å². The molecule has 1 aliphatic rings. The van der Waals surface area contributed by atoms with Gasteiger partial charge >= 0.3 is 0 Å². The normalized spacial score (nSPS) is 29.5. The number of amides is 1. The molecule has 0 bridgehead atoms. The minimum Gasteiger partial charge on any atom is -0.278 e. The molecule has 1 fully saturated rings. The standard InChI is InChI=1S/C4H5Br2NO/c5-3-1-2-7(6)4(3)8/h3H,1-2H2. The van der Waals surface area contributed by atoms with Crippen molar-refractivity contribution in [3.63, 3.8) is 0 Å². The highest BCUT2D eigenvalue weighted by atomic mass is 79.9. The molecule has 1 saturated heterocycles. The molecule has 0 aromatic heterocycles. The number of nitrogens with zero attached hydrogens (tertiary/aromatic N) is 1. The fourth-order valence-corrected chi connectivity index (χ4v) is 1.79. The molecule has 1 unspecified atom stereocenters. The maximum Gasteiger partial charge on any atom is 0.246 e. The molecule has 0 aromatic carbocycles. The summed E-state index contributed by atoms with van der Waals surface area (Å²) in [5, 5.41) is 0. The Morgan fingerprint density at radius 2 is 2.38 bits per heavy atom. The van der Waals surface area contributed by atoms with Crippen molar-refractivity contribution >= 4 is 38.0 Å². The van der Waals surface area contributed by atoms with Crippen molar-refractivity contribution in [3.05, 3.63) is 0 Å². The maximum atomic E-state index is 10.7. The number of carbonyl (C=O) groups is 1. The van der Waals surface area contributed by atoms with Crippen molar-refractivity contribution in [2.75, 3.05) is 6.54 Å². The van der Waals surface area contributed by atoms with Crippen LogP contribution >= 0.6 is 32.1 Å². The van der Waals surface area contributed by atoms with Crippen molar-refractivity contribution in [1.29, 1.82) is 0 Å². The van der Waals surface area contributed by atoms with Gasteiger partial charge in [0, 0.05) is 6.54 Å². The molecule has 0 aromatic rings. The summed E-state index contributed by atoms with van der Waals surface area (Å²) in [4.78, 5) is 10.8. The fourth-order valence-electron chi connectivity index (χ4n) is 0.612. The Hall–Kier alpha value is 0.430. The largest absolute Gasteiger partial charge is 0.278 e. The topological polar surface area (TPSA) is 20.3 Å². The van der Waals surface area contributed by atoms with Gasteiger partial charge in [0.05, 0.1) is 21.0 Å². The first-order valence-corrected chi connectivity index (χ1v) is 3.95. The minimum atomic E-state index is 0.0434.